The Morgan fingerprint density at radius 3 is 2.78 bits per heavy atom. The third-order valence-electron chi connectivity index (χ3n) is 2.52. The van der Waals surface area contributed by atoms with E-state index in [0.29, 0.717) is 16.7 Å². The summed E-state index contributed by atoms with van der Waals surface area (Å²) in [6, 6.07) is 7.67. The van der Waals surface area contributed by atoms with E-state index in [0.717, 1.165) is 0 Å². The molecule has 0 saturated carbocycles. The SMILES string of the molecule is C#Cc1c(-c2ccc(F)c(C#N)c2)ccnc1N. The van der Waals surface area contributed by atoms with Gasteiger partial charge in [0.25, 0.3) is 0 Å². The normalized spacial score (nSPS) is 9.50. The maximum atomic E-state index is 13.2. The molecular weight excluding hydrogens is 229 g/mol. The number of anilines is 1. The molecule has 0 bridgehead atoms. The summed E-state index contributed by atoms with van der Waals surface area (Å²) in [6.45, 7) is 0. The van der Waals surface area contributed by atoms with Crippen LogP contribution in [-0.4, -0.2) is 4.98 Å². The van der Waals surface area contributed by atoms with E-state index in [2.05, 4.69) is 10.9 Å². The molecular formula is C14H8FN3. The van der Waals surface area contributed by atoms with Gasteiger partial charge < -0.3 is 5.73 Å². The number of benzene rings is 1. The Morgan fingerprint density at radius 2 is 2.11 bits per heavy atom. The van der Waals surface area contributed by atoms with Gasteiger partial charge in [0.1, 0.15) is 17.7 Å². The van der Waals surface area contributed by atoms with E-state index in [1.165, 1.54) is 18.3 Å². The highest BCUT2D eigenvalue weighted by atomic mass is 19.1. The van der Waals surface area contributed by atoms with Crippen molar-refractivity contribution in [3.8, 4) is 29.5 Å². The van der Waals surface area contributed by atoms with E-state index in [-0.39, 0.29) is 11.4 Å². The zero-order valence-electron chi connectivity index (χ0n) is 9.31. The second kappa shape index (κ2) is 4.57. The first-order chi connectivity index (χ1) is 8.67. The summed E-state index contributed by atoms with van der Waals surface area (Å²) in [5.74, 6) is 2.12. The minimum atomic E-state index is -0.564. The fourth-order valence-corrected chi connectivity index (χ4v) is 1.65. The summed E-state index contributed by atoms with van der Waals surface area (Å²) in [4.78, 5) is 3.89. The quantitative estimate of drug-likeness (QED) is 0.774. The molecule has 2 rings (SSSR count). The number of aromatic nitrogens is 1. The summed E-state index contributed by atoms with van der Waals surface area (Å²) in [5.41, 5.74) is 7.37. The number of hydrogen-bond acceptors (Lipinski definition) is 3. The number of terminal acetylenes is 1. The highest BCUT2D eigenvalue weighted by molar-refractivity contribution is 5.76. The third-order valence-corrected chi connectivity index (χ3v) is 2.52. The van der Waals surface area contributed by atoms with Crippen molar-refractivity contribution >= 4 is 5.82 Å². The molecule has 1 aromatic heterocycles. The molecule has 0 unspecified atom stereocenters. The maximum Gasteiger partial charge on any atom is 0.140 e. The average molecular weight is 237 g/mol. The first-order valence-electron chi connectivity index (χ1n) is 5.08. The third kappa shape index (κ3) is 1.88. The minimum absolute atomic E-state index is 0.0362. The molecule has 2 N–H and O–H groups in total. The number of nitrogens with zero attached hydrogens (tertiary/aromatic N) is 2. The van der Waals surface area contributed by atoms with Gasteiger partial charge in [-0.15, -0.1) is 6.42 Å². The monoisotopic (exact) mass is 237 g/mol. The lowest BCUT2D eigenvalue weighted by Gasteiger charge is -2.07. The van der Waals surface area contributed by atoms with E-state index in [4.69, 9.17) is 17.4 Å². The van der Waals surface area contributed by atoms with E-state index in [9.17, 15) is 4.39 Å². The Morgan fingerprint density at radius 1 is 1.33 bits per heavy atom. The molecule has 86 valence electrons. The van der Waals surface area contributed by atoms with Gasteiger partial charge in [0.15, 0.2) is 0 Å². The molecule has 0 aliphatic carbocycles. The molecule has 0 fully saturated rings. The van der Waals surface area contributed by atoms with Crippen LogP contribution >= 0.6 is 0 Å². The Hall–Kier alpha value is -2.85. The van der Waals surface area contributed by atoms with Gasteiger partial charge >= 0.3 is 0 Å². The fourth-order valence-electron chi connectivity index (χ4n) is 1.65. The lowest BCUT2D eigenvalue weighted by molar-refractivity contribution is 0.624. The molecule has 1 aromatic carbocycles. The largest absolute Gasteiger partial charge is 0.383 e. The number of hydrogen-bond donors (Lipinski definition) is 1. The highest BCUT2D eigenvalue weighted by Crippen LogP contribution is 2.27. The Balaban J connectivity index is 2.68. The molecule has 0 spiro atoms. The smallest absolute Gasteiger partial charge is 0.140 e. The number of rotatable bonds is 1. The zero-order chi connectivity index (χ0) is 13.1. The lowest BCUT2D eigenvalue weighted by Crippen LogP contribution is -1.97. The molecule has 0 amide bonds. The van der Waals surface area contributed by atoms with Crippen molar-refractivity contribution in [3.63, 3.8) is 0 Å². The van der Waals surface area contributed by atoms with E-state index >= 15 is 0 Å². The summed E-state index contributed by atoms with van der Waals surface area (Å²) < 4.78 is 13.2. The number of pyridine rings is 1. The lowest BCUT2D eigenvalue weighted by atomic mass is 9.99. The van der Waals surface area contributed by atoms with Crippen molar-refractivity contribution in [3.05, 3.63) is 47.4 Å². The van der Waals surface area contributed by atoms with Crippen LogP contribution in [0.25, 0.3) is 11.1 Å². The number of halogens is 1. The summed E-state index contributed by atoms with van der Waals surface area (Å²) in [7, 11) is 0. The van der Waals surface area contributed by atoms with Crippen LogP contribution in [0.2, 0.25) is 0 Å². The van der Waals surface area contributed by atoms with Gasteiger partial charge in [0.05, 0.1) is 11.1 Å². The minimum Gasteiger partial charge on any atom is -0.383 e. The Bertz CT molecular complexity index is 693. The van der Waals surface area contributed by atoms with Gasteiger partial charge in [-0.3, -0.25) is 0 Å². The summed E-state index contributed by atoms with van der Waals surface area (Å²) in [5, 5.41) is 8.80. The number of nitrogens with two attached hydrogens (primary N) is 1. The summed E-state index contributed by atoms with van der Waals surface area (Å²) >= 11 is 0. The van der Waals surface area contributed by atoms with Crippen molar-refractivity contribution < 1.29 is 4.39 Å². The Labute approximate surface area is 104 Å². The van der Waals surface area contributed by atoms with Gasteiger partial charge in [0, 0.05) is 11.8 Å². The number of nitrogen functional groups attached to an aromatic ring is 1. The standard InChI is InChI=1S/C14H8FN3/c1-2-11-12(5-6-18-14(11)17)9-3-4-13(15)10(7-9)8-16/h1,3-7H,(H2,17,18). The van der Waals surface area contributed by atoms with Crippen LogP contribution in [-0.2, 0) is 0 Å². The van der Waals surface area contributed by atoms with Crippen LogP contribution in [0.1, 0.15) is 11.1 Å². The molecule has 0 aliphatic heterocycles. The highest BCUT2D eigenvalue weighted by Gasteiger charge is 2.10. The molecule has 0 saturated heterocycles. The van der Waals surface area contributed by atoms with Crippen LogP contribution in [0.15, 0.2) is 30.5 Å². The molecule has 4 heteroatoms. The van der Waals surface area contributed by atoms with Gasteiger partial charge in [-0.2, -0.15) is 5.26 Å². The van der Waals surface area contributed by atoms with Crippen molar-refractivity contribution in [2.45, 2.75) is 0 Å². The van der Waals surface area contributed by atoms with Crippen molar-refractivity contribution in [2.24, 2.45) is 0 Å². The second-order valence-electron chi connectivity index (χ2n) is 3.57. The summed E-state index contributed by atoms with van der Waals surface area (Å²) in [6.07, 6.45) is 6.89. The van der Waals surface area contributed by atoms with E-state index in [1.807, 2.05) is 0 Å². The maximum absolute atomic E-state index is 13.2. The predicted molar refractivity (Wildman–Crippen MR) is 66.7 cm³/mol. The number of nitriles is 1. The van der Waals surface area contributed by atoms with Gasteiger partial charge in [-0.25, -0.2) is 9.37 Å². The van der Waals surface area contributed by atoms with Gasteiger partial charge in [-0.1, -0.05) is 12.0 Å². The van der Waals surface area contributed by atoms with E-state index in [1.54, 1.807) is 18.2 Å². The molecule has 0 aliphatic rings. The van der Waals surface area contributed by atoms with Crippen LogP contribution in [0.4, 0.5) is 10.2 Å². The van der Waals surface area contributed by atoms with Crippen LogP contribution in [0, 0.1) is 29.5 Å². The molecule has 18 heavy (non-hydrogen) atoms. The van der Waals surface area contributed by atoms with E-state index < -0.39 is 5.82 Å². The van der Waals surface area contributed by atoms with Crippen LogP contribution < -0.4 is 5.73 Å². The van der Waals surface area contributed by atoms with Crippen molar-refractivity contribution in [1.29, 1.82) is 5.26 Å². The van der Waals surface area contributed by atoms with Crippen molar-refractivity contribution in [2.75, 3.05) is 5.73 Å². The van der Waals surface area contributed by atoms with Gasteiger partial charge in [-0.05, 0) is 23.8 Å². The predicted octanol–water partition coefficient (Wildman–Crippen LogP) is 2.32. The molecule has 0 radical (unpaired) electrons. The second-order valence-corrected chi connectivity index (χ2v) is 3.57. The fraction of sp³-hybridized carbons (Fsp3) is 0. The van der Waals surface area contributed by atoms with Crippen LogP contribution in [0.5, 0.6) is 0 Å². The first-order valence-corrected chi connectivity index (χ1v) is 5.08. The molecule has 0 atom stereocenters. The van der Waals surface area contributed by atoms with Gasteiger partial charge in [0.2, 0.25) is 0 Å². The zero-order valence-corrected chi connectivity index (χ0v) is 9.31. The molecule has 2 aromatic rings. The molecule has 3 nitrogen and oxygen atoms in total. The topological polar surface area (TPSA) is 62.7 Å². The molecule has 1 heterocycles. The van der Waals surface area contributed by atoms with Crippen LogP contribution in [0.3, 0.4) is 0 Å². The average Bonchev–Trinajstić information content (AvgIpc) is 2.39. The Kier molecular flexibility index (Phi) is 2.95. The first kappa shape index (κ1) is 11.6. The van der Waals surface area contributed by atoms with Crippen molar-refractivity contribution in [1.82, 2.24) is 4.98 Å².